The van der Waals surface area contributed by atoms with Gasteiger partial charge in [-0.3, -0.25) is 15.0 Å². The number of carbonyl (C=O) groups excluding carboxylic acids is 2. The Morgan fingerprint density at radius 2 is 1.74 bits per heavy atom. The zero-order chi connectivity index (χ0) is 23.4. The summed E-state index contributed by atoms with van der Waals surface area (Å²) in [5.74, 6) is 1.84. The zero-order valence-electron chi connectivity index (χ0n) is 19.1. The smallest absolute Gasteiger partial charge is 0.305 e. The summed E-state index contributed by atoms with van der Waals surface area (Å²) in [5, 5.41) is 7.60. The van der Waals surface area contributed by atoms with E-state index in [9.17, 15) is 9.59 Å². The summed E-state index contributed by atoms with van der Waals surface area (Å²) >= 11 is 1.94. The number of hydrogen-bond acceptors (Lipinski definition) is 6. The van der Waals surface area contributed by atoms with Crippen LogP contribution in [-0.4, -0.2) is 60.9 Å². The summed E-state index contributed by atoms with van der Waals surface area (Å²) in [5.41, 5.74) is 10.7. The standard InChI is InChI=1S/C25H28N4O3S.ClH/c1-32-22(30)11-4-17-2-5-18(6-3-17)23-21(28-12-14-33-15-13-28)16-29(25(23)31)20-9-7-19(8-10-20)24(26)27;/h2-3,5-10H,4,11-16H2,1H3,(H3,26,27);1H. The van der Waals surface area contributed by atoms with Gasteiger partial charge in [0.05, 0.1) is 19.2 Å². The summed E-state index contributed by atoms with van der Waals surface area (Å²) < 4.78 is 4.72. The van der Waals surface area contributed by atoms with E-state index in [0.29, 0.717) is 24.9 Å². The van der Waals surface area contributed by atoms with Crippen molar-refractivity contribution in [2.75, 3.05) is 43.1 Å². The van der Waals surface area contributed by atoms with E-state index in [4.69, 9.17) is 15.9 Å². The molecule has 4 rings (SSSR count). The number of aryl methyl sites for hydroxylation is 1. The van der Waals surface area contributed by atoms with Gasteiger partial charge in [-0.1, -0.05) is 24.3 Å². The van der Waals surface area contributed by atoms with Crippen molar-refractivity contribution in [3.8, 4) is 0 Å². The summed E-state index contributed by atoms with van der Waals surface area (Å²) in [6, 6.07) is 15.1. The second-order valence-corrected chi connectivity index (χ2v) is 9.27. The van der Waals surface area contributed by atoms with Crippen LogP contribution >= 0.6 is 24.2 Å². The van der Waals surface area contributed by atoms with Crippen molar-refractivity contribution in [1.82, 2.24) is 4.90 Å². The molecule has 3 N–H and O–H groups in total. The Balaban J connectivity index is 0.00000324. The summed E-state index contributed by atoms with van der Waals surface area (Å²) in [7, 11) is 1.39. The van der Waals surface area contributed by atoms with Crippen LogP contribution < -0.4 is 10.6 Å². The molecule has 1 saturated heterocycles. The van der Waals surface area contributed by atoms with E-state index in [1.165, 1.54) is 7.11 Å². The largest absolute Gasteiger partial charge is 0.469 e. The van der Waals surface area contributed by atoms with Crippen LogP contribution in [0.15, 0.2) is 54.2 Å². The van der Waals surface area contributed by atoms with Crippen LogP contribution in [-0.2, 0) is 20.7 Å². The van der Waals surface area contributed by atoms with Crippen LogP contribution in [0.1, 0.15) is 23.1 Å². The Morgan fingerprint density at radius 1 is 1.09 bits per heavy atom. The van der Waals surface area contributed by atoms with E-state index in [0.717, 1.165) is 52.7 Å². The van der Waals surface area contributed by atoms with Gasteiger partial charge in [0.1, 0.15) is 5.84 Å². The number of nitrogens with two attached hydrogens (primary N) is 1. The molecule has 1 amide bonds. The Morgan fingerprint density at radius 3 is 2.32 bits per heavy atom. The molecule has 2 aliphatic heterocycles. The van der Waals surface area contributed by atoms with E-state index < -0.39 is 0 Å². The SMILES string of the molecule is COC(=O)CCc1ccc(C2=C(N3CCSCC3)CN(c3ccc(C(=N)N)cc3)C2=O)cc1.Cl. The lowest BCUT2D eigenvalue weighted by atomic mass is 10.0. The fraction of sp³-hybridized carbons (Fsp3) is 0.320. The van der Waals surface area contributed by atoms with Crippen LogP contribution in [0.4, 0.5) is 5.69 Å². The third-order valence-corrected chi connectivity index (χ3v) is 6.97. The van der Waals surface area contributed by atoms with Crippen LogP contribution in [0.3, 0.4) is 0 Å². The first kappa shape index (κ1) is 25.6. The van der Waals surface area contributed by atoms with Crippen molar-refractivity contribution in [2.45, 2.75) is 12.8 Å². The maximum atomic E-state index is 13.6. The number of carbonyl (C=O) groups is 2. The van der Waals surface area contributed by atoms with E-state index in [-0.39, 0.29) is 30.1 Å². The van der Waals surface area contributed by atoms with E-state index >= 15 is 0 Å². The molecular weight excluding hydrogens is 472 g/mol. The second kappa shape index (κ2) is 11.4. The number of amidine groups is 1. The lowest BCUT2D eigenvalue weighted by Gasteiger charge is -2.30. The Hall–Kier alpha value is -2.97. The van der Waals surface area contributed by atoms with Gasteiger partial charge in [-0.2, -0.15) is 11.8 Å². The minimum atomic E-state index is -0.232. The average Bonchev–Trinajstić information content (AvgIpc) is 3.20. The van der Waals surface area contributed by atoms with Crippen LogP contribution in [0.5, 0.6) is 0 Å². The number of amides is 1. The van der Waals surface area contributed by atoms with Gasteiger partial charge in [0.25, 0.3) is 5.91 Å². The number of esters is 1. The summed E-state index contributed by atoms with van der Waals surface area (Å²) in [6.45, 7) is 2.36. The molecule has 0 aromatic heterocycles. The Bertz CT molecular complexity index is 1080. The highest BCUT2D eigenvalue weighted by molar-refractivity contribution is 7.99. The molecule has 0 unspecified atom stereocenters. The lowest BCUT2D eigenvalue weighted by molar-refractivity contribution is -0.140. The molecule has 0 aliphatic carbocycles. The van der Waals surface area contributed by atoms with Crippen molar-refractivity contribution >= 4 is 53.1 Å². The van der Waals surface area contributed by atoms with Crippen molar-refractivity contribution in [3.05, 3.63) is 70.9 Å². The summed E-state index contributed by atoms with van der Waals surface area (Å²) in [6.07, 6.45) is 0.934. The van der Waals surface area contributed by atoms with E-state index in [1.807, 2.05) is 48.2 Å². The number of benzene rings is 2. The minimum Gasteiger partial charge on any atom is -0.469 e. The molecule has 0 radical (unpaired) electrons. The van der Waals surface area contributed by atoms with E-state index in [1.54, 1.807) is 17.0 Å². The third kappa shape index (κ3) is 5.56. The maximum Gasteiger partial charge on any atom is 0.305 e. The minimum absolute atomic E-state index is 0. The Kier molecular flexibility index (Phi) is 8.63. The number of hydrogen-bond donors (Lipinski definition) is 2. The average molecular weight is 501 g/mol. The van der Waals surface area contributed by atoms with Gasteiger partial charge < -0.3 is 20.3 Å². The highest BCUT2D eigenvalue weighted by Gasteiger charge is 2.35. The molecule has 2 aromatic rings. The number of anilines is 1. The van der Waals surface area contributed by atoms with Crippen LogP contribution in [0, 0.1) is 5.41 Å². The number of ether oxygens (including phenoxy) is 1. The molecule has 2 aromatic carbocycles. The molecule has 180 valence electrons. The van der Waals surface area contributed by atoms with Crippen molar-refractivity contribution in [1.29, 1.82) is 5.41 Å². The molecule has 0 saturated carbocycles. The fourth-order valence-electron chi connectivity index (χ4n) is 4.16. The van der Waals surface area contributed by atoms with Crippen molar-refractivity contribution in [3.63, 3.8) is 0 Å². The number of halogens is 1. The first-order valence-corrected chi connectivity index (χ1v) is 12.1. The molecule has 9 heteroatoms. The molecule has 2 heterocycles. The number of nitrogen functional groups attached to an aromatic ring is 1. The first-order valence-electron chi connectivity index (χ1n) is 11.0. The number of methoxy groups -OCH3 is 1. The molecule has 1 fully saturated rings. The zero-order valence-corrected chi connectivity index (χ0v) is 20.7. The second-order valence-electron chi connectivity index (χ2n) is 8.05. The Labute approximate surface area is 210 Å². The molecule has 7 nitrogen and oxygen atoms in total. The van der Waals surface area contributed by atoms with Gasteiger partial charge in [0.15, 0.2) is 0 Å². The molecule has 0 spiro atoms. The van der Waals surface area contributed by atoms with Crippen LogP contribution in [0.25, 0.3) is 5.57 Å². The van der Waals surface area contributed by atoms with Crippen LogP contribution in [0.2, 0.25) is 0 Å². The maximum absolute atomic E-state index is 13.6. The number of thioether (sulfide) groups is 1. The summed E-state index contributed by atoms with van der Waals surface area (Å²) in [4.78, 5) is 29.2. The third-order valence-electron chi connectivity index (χ3n) is 6.03. The van der Waals surface area contributed by atoms with Crippen molar-refractivity contribution in [2.24, 2.45) is 5.73 Å². The van der Waals surface area contributed by atoms with Gasteiger partial charge in [-0.05, 0) is 41.8 Å². The van der Waals surface area contributed by atoms with E-state index in [2.05, 4.69) is 4.90 Å². The molecule has 34 heavy (non-hydrogen) atoms. The predicted molar refractivity (Wildman–Crippen MR) is 140 cm³/mol. The highest BCUT2D eigenvalue weighted by atomic mass is 35.5. The van der Waals surface area contributed by atoms with Gasteiger partial charge >= 0.3 is 5.97 Å². The predicted octanol–water partition coefficient (Wildman–Crippen LogP) is 3.30. The highest BCUT2D eigenvalue weighted by Crippen LogP contribution is 2.35. The molecular formula is C25H29ClN4O3S. The molecule has 0 bridgehead atoms. The molecule has 0 atom stereocenters. The quantitative estimate of drug-likeness (QED) is 0.344. The fourth-order valence-corrected chi connectivity index (χ4v) is 5.06. The lowest BCUT2D eigenvalue weighted by Crippen LogP contribution is -2.34. The molecule has 2 aliphatic rings. The van der Waals surface area contributed by atoms with Crippen molar-refractivity contribution < 1.29 is 14.3 Å². The van der Waals surface area contributed by atoms with Gasteiger partial charge in [0, 0.05) is 48.0 Å². The number of nitrogens with one attached hydrogen (secondary N) is 1. The normalized spacial score (nSPS) is 15.9. The van der Waals surface area contributed by atoms with Gasteiger partial charge in [-0.15, -0.1) is 12.4 Å². The van der Waals surface area contributed by atoms with Gasteiger partial charge in [-0.25, -0.2) is 0 Å². The first-order chi connectivity index (χ1) is 16.0. The van der Waals surface area contributed by atoms with Gasteiger partial charge in [0.2, 0.25) is 0 Å². The number of rotatable bonds is 7. The monoisotopic (exact) mass is 500 g/mol. The number of nitrogens with zero attached hydrogens (tertiary/aromatic N) is 2. The topological polar surface area (TPSA) is 99.7 Å².